The van der Waals surface area contributed by atoms with E-state index in [-0.39, 0.29) is 25.8 Å². The van der Waals surface area contributed by atoms with Gasteiger partial charge >= 0.3 is 23.9 Å². The van der Waals surface area contributed by atoms with E-state index in [1.165, 1.54) is 12.5 Å². The molecule has 0 aliphatic carbocycles. The molecule has 354 valence electrons. The van der Waals surface area contributed by atoms with Crippen LogP contribution in [0.15, 0.2) is 42.9 Å². The van der Waals surface area contributed by atoms with Crippen LogP contribution in [0.3, 0.4) is 0 Å². The number of hydrogen-bond donors (Lipinski definition) is 12. The number of carboxylic acid groups (broad SMARTS) is 4. The van der Waals surface area contributed by atoms with E-state index in [0.717, 1.165) is 4.90 Å². The smallest absolute Gasteiger partial charge is 0.326 e. The standard InChI is InChI=1S/C40H54N10O15/c1-3-20(2)33(38(62)48-27(40(64)65)12-21-8-5-4-6-9-21)49-29(51)18-43-37(61)28-10-7-11-50(28)39(63)26(13-22-17-42-19-44-22)47-36(60)25(16-32(56)57)46-35(59)24(15-31(54)55)45-34(58)23(41)14-30(52)53/h4-6,8-9,17,19-20,23-28,33H,3,7,10-16,18,41H2,1-2H3,(H,42,44)(H,43,61)(H,45,58)(H,46,59)(H,47,60)(H,48,62)(H,49,51)(H,52,53)(H,54,55)(H,56,57)(H,64,65)/t20-,23-,24-,25-,26-,27-,28-,33-/m0/s1. The number of nitrogens with zero attached hydrogens (tertiary/aromatic N) is 2. The van der Waals surface area contributed by atoms with Gasteiger partial charge in [0, 0.05) is 31.3 Å². The van der Waals surface area contributed by atoms with Crippen molar-refractivity contribution >= 4 is 65.2 Å². The van der Waals surface area contributed by atoms with E-state index in [1.54, 1.807) is 44.2 Å². The summed E-state index contributed by atoms with van der Waals surface area (Å²) < 4.78 is 0. The number of imidazole rings is 1. The number of aromatic nitrogens is 2. The molecule has 1 aromatic carbocycles. The monoisotopic (exact) mass is 914 g/mol. The molecule has 7 amide bonds. The summed E-state index contributed by atoms with van der Waals surface area (Å²) in [6.07, 6.45) is 0.0353. The summed E-state index contributed by atoms with van der Waals surface area (Å²) in [5.41, 5.74) is 6.47. The molecule has 2 heterocycles. The minimum Gasteiger partial charge on any atom is -0.481 e. The molecular formula is C40H54N10O15. The van der Waals surface area contributed by atoms with Gasteiger partial charge in [0.05, 0.1) is 38.2 Å². The molecule has 8 atom stereocenters. The zero-order valence-corrected chi connectivity index (χ0v) is 35.5. The molecule has 0 saturated carbocycles. The summed E-state index contributed by atoms with van der Waals surface area (Å²) in [7, 11) is 0. The van der Waals surface area contributed by atoms with Crippen LogP contribution in [0.5, 0.6) is 0 Å². The van der Waals surface area contributed by atoms with Crippen molar-refractivity contribution in [2.75, 3.05) is 13.1 Å². The zero-order valence-electron chi connectivity index (χ0n) is 35.5. The lowest BCUT2D eigenvalue weighted by molar-refractivity contribution is -0.144. The Kier molecular flexibility index (Phi) is 20.0. The number of benzene rings is 1. The predicted octanol–water partition coefficient (Wildman–Crippen LogP) is -3.39. The van der Waals surface area contributed by atoms with Crippen LogP contribution >= 0.6 is 0 Å². The summed E-state index contributed by atoms with van der Waals surface area (Å²) in [5.74, 6) is -13.5. The third-order valence-electron chi connectivity index (χ3n) is 10.3. The Balaban J connectivity index is 1.74. The quantitative estimate of drug-likeness (QED) is 0.0438. The number of aliphatic carboxylic acids is 4. The average Bonchev–Trinajstić information content (AvgIpc) is 3.96. The topological polar surface area (TPSA) is 399 Å². The molecule has 65 heavy (non-hydrogen) atoms. The molecule has 3 rings (SSSR count). The highest BCUT2D eigenvalue weighted by atomic mass is 16.4. The maximum atomic E-state index is 14.2. The lowest BCUT2D eigenvalue weighted by atomic mass is 9.97. The van der Waals surface area contributed by atoms with Gasteiger partial charge in [-0.1, -0.05) is 50.6 Å². The van der Waals surface area contributed by atoms with Crippen LogP contribution < -0.4 is 37.6 Å². The van der Waals surface area contributed by atoms with Gasteiger partial charge in [0.1, 0.15) is 36.3 Å². The molecule has 1 aliphatic rings. The van der Waals surface area contributed by atoms with Crippen LogP contribution in [0.2, 0.25) is 0 Å². The summed E-state index contributed by atoms with van der Waals surface area (Å²) in [4.78, 5) is 148. The summed E-state index contributed by atoms with van der Waals surface area (Å²) >= 11 is 0. The fourth-order valence-corrected chi connectivity index (χ4v) is 6.71. The van der Waals surface area contributed by atoms with E-state index in [1.807, 2.05) is 5.32 Å². The second kappa shape index (κ2) is 25.0. The van der Waals surface area contributed by atoms with Crippen LogP contribution in [0.1, 0.15) is 63.6 Å². The van der Waals surface area contributed by atoms with Gasteiger partial charge in [-0.05, 0) is 24.3 Å². The Morgan fingerprint density at radius 3 is 1.86 bits per heavy atom. The number of nitrogens with one attached hydrogen (secondary N) is 7. The van der Waals surface area contributed by atoms with Crippen LogP contribution in [0, 0.1) is 5.92 Å². The number of likely N-dealkylation sites (tertiary alicyclic amines) is 1. The van der Waals surface area contributed by atoms with Crippen molar-refractivity contribution in [1.82, 2.24) is 46.8 Å². The van der Waals surface area contributed by atoms with Gasteiger partial charge in [0.2, 0.25) is 41.4 Å². The van der Waals surface area contributed by atoms with Gasteiger partial charge < -0.3 is 67.9 Å². The molecule has 0 bridgehead atoms. The zero-order chi connectivity index (χ0) is 48.4. The summed E-state index contributed by atoms with van der Waals surface area (Å²) in [6.45, 7) is 2.79. The largest absolute Gasteiger partial charge is 0.481 e. The molecule has 13 N–H and O–H groups in total. The Hall–Kier alpha value is -7.44. The first kappa shape index (κ1) is 51.9. The number of carboxylic acids is 4. The van der Waals surface area contributed by atoms with Crippen molar-refractivity contribution in [3.63, 3.8) is 0 Å². The fraction of sp³-hybridized carbons (Fsp3) is 0.500. The van der Waals surface area contributed by atoms with Crippen molar-refractivity contribution in [3.05, 3.63) is 54.1 Å². The highest BCUT2D eigenvalue weighted by Gasteiger charge is 2.40. The average molecular weight is 915 g/mol. The summed E-state index contributed by atoms with van der Waals surface area (Å²) in [6, 6.07) is -2.24. The first-order valence-electron chi connectivity index (χ1n) is 20.4. The van der Waals surface area contributed by atoms with E-state index in [2.05, 4.69) is 36.6 Å². The number of aromatic amines is 1. The van der Waals surface area contributed by atoms with Crippen molar-refractivity contribution < 1.29 is 73.2 Å². The minimum atomic E-state index is -1.98. The molecule has 0 spiro atoms. The predicted molar refractivity (Wildman–Crippen MR) is 222 cm³/mol. The Labute approximate surface area is 371 Å². The lowest BCUT2D eigenvalue weighted by Gasteiger charge is -2.30. The molecule has 2 aromatic rings. The second-order valence-electron chi connectivity index (χ2n) is 15.3. The third-order valence-corrected chi connectivity index (χ3v) is 10.3. The lowest BCUT2D eigenvalue weighted by Crippen LogP contribution is -2.60. The highest BCUT2D eigenvalue weighted by molar-refractivity contribution is 5.99. The number of amides is 7. The van der Waals surface area contributed by atoms with Crippen molar-refractivity contribution in [2.24, 2.45) is 11.7 Å². The molecule has 1 aliphatic heterocycles. The number of carbonyl (C=O) groups excluding carboxylic acids is 7. The number of hydrogen-bond acceptors (Lipinski definition) is 13. The van der Waals surface area contributed by atoms with Crippen LogP contribution in [-0.2, 0) is 65.6 Å². The molecule has 1 saturated heterocycles. The van der Waals surface area contributed by atoms with Gasteiger partial charge in [-0.25, -0.2) is 9.78 Å². The normalized spacial score (nSPS) is 16.5. The van der Waals surface area contributed by atoms with E-state index in [9.17, 15) is 68.1 Å². The van der Waals surface area contributed by atoms with Crippen LogP contribution in [-0.4, -0.2) is 156 Å². The third kappa shape index (κ3) is 16.6. The first-order chi connectivity index (χ1) is 30.7. The fourth-order valence-electron chi connectivity index (χ4n) is 6.71. The maximum absolute atomic E-state index is 14.2. The van der Waals surface area contributed by atoms with Crippen LogP contribution in [0.25, 0.3) is 0 Å². The van der Waals surface area contributed by atoms with E-state index >= 15 is 0 Å². The van der Waals surface area contributed by atoms with Gasteiger partial charge in [0.25, 0.3) is 0 Å². The van der Waals surface area contributed by atoms with Gasteiger partial charge in [0.15, 0.2) is 0 Å². The Bertz CT molecular complexity index is 2050. The molecule has 0 radical (unpaired) electrons. The Morgan fingerprint density at radius 2 is 1.32 bits per heavy atom. The van der Waals surface area contributed by atoms with Gasteiger partial charge in [-0.3, -0.25) is 47.9 Å². The number of nitrogens with two attached hydrogens (primary N) is 1. The molecule has 25 nitrogen and oxygen atoms in total. The number of rotatable bonds is 26. The number of H-pyrrole nitrogens is 1. The summed E-state index contributed by atoms with van der Waals surface area (Å²) in [5, 5.41) is 51.6. The van der Waals surface area contributed by atoms with E-state index in [0.29, 0.717) is 24.1 Å². The van der Waals surface area contributed by atoms with Gasteiger partial charge in [-0.2, -0.15) is 0 Å². The molecule has 1 aromatic heterocycles. The molecule has 1 fully saturated rings. The molecule has 0 unspecified atom stereocenters. The van der Waals surface area contributed by atoms with Gasteiger partial charge in [-0.15, -0.1) is 0 Å². The van der Waals surface area contributed by atoms with Crippen LogP contribution in [0.4, 0.5) is 0 Å². The maximum Gasteiger partial charge on any atom is 0.326 e. The second-order valence-corrected chi connectivity index (χ2v) is 15.3. The first-order valence-corrected chi connectivity index (χ1v) is 20.4. The molecule has 25 heteroatoms. The minimum absolute atomic E-state index is 0.00167. The van der Waals surface area contributed by atoms with E-state index < -0.39 is 139 Å². The SMILES string of the molecule is CC[C@H](C)[C@H](NC(=O)CNC(=O)[C@@H]1CCCN1C(=O)[C@H](Cc1cnc[nH]1)NC(=O)[C@H](CC(=O)O)NC(=O)[C@H](CC(=O)O)NC(=O)[C@@H](N)CC(=O)O)C(=O)N[C@@H](Cc1ccccc1)C(=O)O. The van der Waals surface area contributed by atoms with Crippen molar-refractivity contribution in [3.8, 4) is 0 Å². The van der Waals surface area contributed by atoms with E-state index in [4.69, 9.17) is 10.8 Å². The Morgan fingerprint density at radius 1 is 0.754 bits per heavy atom. The van der Waals surface area contributed by atoms with Crippen molar-refractivity contribution in [2.45, 2.75) is 108 Å². The van der Waals surface area contributed by atoms with Crippen molar-refractivity contribution in [1.29, 1.82) is 0 Å². The number of carbonyl (C=O) groups is 11. The molecular weight excluding hydrogens is 860 g/mol. The highest BCUT2D eigenvalue weighted by Crippen LogP contribution is 2.20.